The van der Waals surface area contributed by atoms with Gasteiger partial charge >= 0.3 is 0 Å². The summed E-state index contributed by atoms with van der Waals surface area (Å²) >= 11 is 0. The molecule has 17 heavy (non-hydrogen) atoms. The van der Waals surface area contributed by atoms with E-state index in [0.29, 0.717) is 18.2 Å². The number of imidazole rings is 1. The molecule has 0 unspecified atom stereocenters. The van der Waals surface area contributed by atoms with Crippen molar-refractivity contribution in [2.24, 2.45) is 18.9 Å². The maximum atomic E-state index is 11.9. The summed E-state index contributed by atoms with van der Waals surface area (Å²) in [5.41, 5.74) is 1.29. The number of hydrogen-bond donors (Lipinski definition) is 2. The fourth-order valence-electron chi connectivity index (χ4n) is 1.69. The van der Waals surface area contributed by atoms with Gasteiger partial charge in [0.15, 0.2) is 0 Å². The van der Waals surface area contributed by atoms with Crippen molar-refractivity contribution in [1.29, 1.82) is 0 Å². The third-order valence-corrected chi connectivity index (χ3v) is 3.04. The van der Waals surface area contributed by atoms with Crippen LogP contribution in [0.4, 0.5) is 0 Å². The van der Waals surface area contributed by atoms with Gasteiger partial charge in [0.05, 0.1) is 12.0 Å². The Labute approximate surface area is 102 Å². The lowest BCUT2D eigenvalue weighted by Gasteiger charge is -2.18. The fraction of sp³-hybridized carbons (Fsp3) is 0.667. The Hall–Kier alpha value is -1.36. The van der Waals surface area contributed by atoms with E-state index < -0.39 is 0 Å². The van der Waals surface area contributed by atoms with Crippen LogP contribution in [0.1, 0.15) is 30.0 Å². The van der Waals surface area contributed by atoms with Crippen LogP contribution in [0, 0.1) is 18.8 Å². The minimum Gasteiger partial charge on any atom is -0.396 e. The molecule has 1 atom stereocenters. The summed E-state index contributed by atoms with van der Waals surface area (Å²) in [6, 6.07) is 0. The Kier molecular flexibility index (Phi) is 4.69. The highest BCUT2D eigenvalue weighted by Crippen LogP contribution is 2.09. The molecule has 0 aliphatic rings. The number of rotatable bonds is 5. The molecule has 1 amide bonds. The minimum absolute atomic E-state index is 0.0856. The topological polar surface area (TPSA) is 67.2 Å². The molecule has 1 rings (SSSR count). The van der Waals surface area contributed by atoms with Gasteiger partial charge in [0, 0.05) is 26.1 Å². The normalized spacial score (nSPS) is 12.8. The summed E-state index contributed by atoms with van der Waals surface area (Å²) in [6.45, 7) is 6.44. The van der Waals surface area contributed by atoms with Crippen molar-refractivity contribution in [2.45, 2.75) is 20.8 Å². The zero-order valence-electron chi connectivity index (χ0n) is 10.9. The summed E-state index contributed by atoms with van der Waals surface area (Å²) in [5.74, 6) is 0.294. The first-order valence-electron chi connectivity index (χ1n) is 5.84. The Morgan fingerprint density at radius 2 is 2.24 bits per heavy atom. The van der Waals surface area contributed by atoms with E-state index in [1.165, 1.54) is 0 Å². The molecule has 1 aromatic heterocycles. The molecule has 0 aliphatic heterocycles. The Morgan fingerprint density at radius 3 is 2.65 bits per heavy atom. The van der Waals surface area contributed by atoms with Crippen LogP contribution in [0.5, 0.6) is 0 Å². The monoisotopic (exact) mass is 239 g/mol. The van der Waals surface area contributed by atoms with E-state index >= 15 is 0 Å². The first-order chi connectivity index (χ1) is 7.97. The van der Waals surface area contributed by atoms with Gasteiger partial charge in [0.2, 0.25) is 0 Å². The van der Waals surface area contributed by atoms with E-state index in [0.717, 1.165) is 5.69 Å². The minimum atomic E-state index is -0.137. The second-order valence-electron chi connectivity index (χ2n) is 4.69. The molecule has 0 saturated carbocycles. The van der Waals surface area contributed by atoms with Crippen molar-refractivity contribution < 1.29 is 9.90 Å². The SMILES string of the molecule is Cc1ncn(C)c1C(=O)NC[C@H](CO)C(C)C. The molecule has 5 nitrogen and oxygen atoms in total. The average Bonchev–Trinajstić information content (AvgIpc) is 2.58. The van der Waals surface area contributed by atoms with Gasteiger partial charge in [-0.15, -0.1) is 0 Å². The number of nitrogens with one attached hydrogen (secondary N) is 1. The van der Waals surface area contributed by atoms with E-state index in [1.54, 1.807) is 24.9 Å². The zero-order chi connectivity index (χ0) is 13.0. The summed E-state index contributed by atoms with van der Waals surface area (Å²) in [7, 11) is 1.79. The van der Waals surface area contributed by atoms with Crippen LogP contribution >= 0.6 is 0 Å². The number of aliphatic hydroxyl groups excluding tert-OH is 1. The molecule has 2 N–H and O–H groups in total. The molecule has 0 saturated heterocycles. The number of nitrogens with zero attached hydrogens (tertiary/aromatic N) is 2. The van der Waals surface area contributed by atoms with E-state index in [4.69, 9.17) is 0 Å². The van der Waals surface area contributed by atoms with E-state index in [-0.39, 0.29) is 18.4 Å². The van der Waals surface area contributed by atoms with Crippen molar-refractivity contribution in [3.63, 3.8) is 0 Å². The number of aromatic nitrogens is 2. The summed E-state index contributed by atoms with van der Waals surface area (Å²) in [4.78, 5) is 16.0. The number of carbonyl (C=O) groups excluding carboxylic acids is 1. The molecule has 5 heteroatoms. The standard InChI is InChI=1S/C12H21N3O2/c1-8(2)10(6-16)5-13-12(17)11-9(3)14-7-15(11)4/h7-8,10,16H,5-6H2,1-4H3,(H,13,17)/t10-/m1/s1. The van der Waals surface area contributed by atoms with E-state index in [9.17, 15) is 9.90 Å². The zero-order valence-corrected chi connectivity index (χ0v) is 10.9. The van der Waals surface area contributed by atoms with Gasteiger partial charge in [-0.1, -0.05) is 13.8 Å². The number of aliphatic hydroxyl groups is 1. The predicted molar refractivity (Wildman–Crippen MR) is 65.7 cm³/mol. The highest BCUT2D eigenvalue weighted by molar-refractivity contribution is 5.93. The molecule has 1 heterocycles. The number of aryl methyl sites for hydroxylation is 2. The number of amides is 1. The molecular weight excluding hydrogens is 218 g/mol. The number of carbonyl (C=O) groups is 1. The second kappa shape index (κ2) is 5.82. The largest absolute Gasteiger partial charge is 0.396 e. The summed E-state index contributed by atoms with van der Waals surface area (Å²) < 4.78 is 1.70. The van der Waals surface area contributed by atoms with Gasteiger partial charge in [0.25, 0.3) is 5.91 Å². The quantitative estimate of drug-likeness (QED) is 0.795. The molecule has 96 valence electrons. The maximum Gasteiger partial charge on any atom is 0.269 e. The maximum absolute atomic E-state index is 11.9. The average molecular weight is 239 g/mol. The third-order valence-electron chi connectivity index (χ3n) is 3.04. The third kappa shape index (κ3) is 3.30. The van der Waals surface area contributed by atoms with Gasteiger partial charge in [-0.05, 0) is 12.8 Å². The van der Waals surface area contributed by atoms with Crippen LogP contribution in [0.2, 0.25) is 0 Å². The lowest BCUT2D eigenvalue weighted by molar-refractivity contribution is 0.0922. The first-order valence-corrected chi connectivity index (χ1v) is 5.84. The predicted octanol–water partition coefficient (Wildman–Crippen LogP) is 0.723. The molecule has 0 aromatic carbocycles. The van der Waals surface area contributed by atoms with Crippen molar-refractivity contribution in [3.05, 3.63) is 17.7 Å². The van der Waals surface area contributed by atoms with Crippen molar-refractivity contribution in [3.8, 4) is 0 Å². The molecule has 0 bridgehead atoms. The first kappa shape index (κ1) is 13.7. The van der Waals surface area contributed by atoms with Crippen LogP contribution in [0.15, 0.2) is 6.33 Å². The number of hydrogen-bond acceptors (Lipinski definition) is 3. The van der Waals surface area contributed by atoms with Gasteiger partial charge in [-0.2, -0.15) is 0 Å². The lowest BCUT2D eigenvalue weighted by atomic mass is 9.97. The summed E-state index contributed by atoms with van der Waals surface area (Å²) in [5, 5.41) is 12.0. The van der Waals surface area contributed by atoms with Crippen LogP contribution in [0.3, 0.4) is 0 Å². The molecule has 1 aromatic rings. The van der Waals surface area contributed by atoms with Crippen LogP contribution in [0.25, 0.3) is 0 Å². The van der Waals surface area contributed by atoms with E-state index in [1.807, 2.05) is 13.8 Å². The Bertz CT molecular complexity index is 366. The van der Waals surface area contributed by atoms with Crippen LogP contribution < -0.4 is 5.32 Å². The molecule has 0 spiro atoms. The van der Waals surface area contributed by atoms with Crippen molar-refractivity contribution in [2.75, 3.05) is 13.2 Å². The van der Waals surface area contributed by atoms with Gasteiger partial charge in [0.1, 0.15) is 5.69 Å². The van der Waals surface area contributed by atoms with Gasteiger partial charge < -0.3 is 15.0 Å². The van der Waals surface area contributed by atoms with Crippen molar-refractivity contribution >= 4 is 5.91 Å². The van der Waals surface area contributed by atoms with Gasteiger partial charge in [-0.3, -0.25) is 4.79 Å². The molecule has 0 aliphatic carbocycles. The van der Waals surface area contributed by atoms with E-state index in [2.05, 4.69) is 10.3 Å². The fourth-order valence-corrected chi connectivity index (χ4v) is 1.69. The molecule has 0 radical (unpaired) electrons. The smallest absolute Gasteiger partial charge is 0.269 e. The van der Waals surface area contributed by atoms with Gasteiger partial charge in [-0.25, -0.2) is 4.98 Å². The molecule has 0 fully saturated rings. The highest BCUT2D eigenvalue weighted by Gasteiger charge is 2.17. The lowest BCUT2D eigenvalue weighted by Crippen LogP contribution is -2.34. The van der Waals surface area contributed by atoms with Crippen LogP contribution in [-0.4, -0.2) is 33.7 Å². The van der Waals surface area contributed by atoms with Crippen LogP contribution in [-0.2, 0) is 7.05 Å². The van der Waals surface area contributed by atoms with Crippen molar-refractivity contribution in [1.82, 2.24) is 14.9 Å². The Balaban J connectivity index is 2.62. The Morgan fingerprint density at radius 1 is 1.59 bits per heavy atom. The highest BCUT2D eigenvalue weighted by atomic mass is 16.3. The second-order valence-corrected chi connectivity index (χ2v) is 4.69. The summed E-state index contributed by atoms with van der Waals surface area (Å²) in [6.07, 6.45) is 1.62. The molecular formula is C12H21N3O2.